The van der Waals surface area contributed by atoms with Crippen LogP contribution in [0, 0.1) is 3.70 Å². The number of hydrogen-bond acceptors (Lipinski definition) is 6. The Kier molecular flexibility index (Phi) is 8.91. The molecule has 198 valence electrons. The molecule has 0 saturated heterocycles. The summed E-state index contributed by atoms with van der Waals surface area (Å²) in [4.78, 5) is 14.4. The summed E-state index contributed by atoms with van der Waals surface area (Å²) in [5.41, 5.74) is 6.29. The van der Waals surface area contributed by atoms with Crippen LogP contribution in [0.3, 0.4) is 0 Å². The largest absolute Gasteiger partial charge is 0.293 e. The van der Waals surface area contributed by atoms with E-state index in [1.807, 2.05) is 54.6 Å². The molecule has 1 unspecified atom stereocenters. The van der Waals surface area contributed by atoms with Crippen molar-refractivity contribution in [1.82, 2.24) is 15.0 Å². The summed E-state index contributed by atoms with van der Waals surface area (Å²) in [5, 5.41) is 5.38. The van der Waals surface area contributed by atoms with E-state index in [1.165, 1.54) is 5.57 Å². The van der Waals surface area contributed by atoms with E-state index in [0.29, 0.717) is 23.5 Å². The van der Waals surface area contributed by atoms with Crippen molar-refractivity contribution < 1.29 is 0 Å². The number of rotatable bonds is 8. The quantitative estimate of drug-likeness (QED) is 0.117. The van der Waals surface area contributed by atoms with Crippen molar-refractivity contribution in [2.24, 2.45) is 10.8 Å². The molecule has 0 fully saturated rings. The maximum Gasteiger partial charge on any atom is 0.232 e. The Morgan fingerprint density at radius 1 is 0.923 bits per heavy atom. The summed E-state index contributed by atoms with van der Waals surface area (Å²) in [7, 11) is 0. The van der Waals surface area contributed by atoms with Crippen LogP contribution in [0.5, 0.6) is 0 Å². The van der Waals surface area contributed by atoms with Crippen molar-refractivity contribution in [2.75, 3.05) is 5.32 Å². The molecule has 0 aliphatic carbocycles. The van der Waals surface area contributed by atoms with Crippen molar-refractivity contribution >= 4 is 51.8 Å². The average Bonchev–Trinajstić information content (AvgIpc) is 2.96. The van der Waals surface area contributed by atoms with Gasteiger partial charge in [0.1, 0.15) is 8.85 Å². The van der Waals surface area contributed by atoms with Gasteiger partial charge in [-0.05, 0) is 52.1 Å². The number of nitrogens with zero attached hydrogens (tertiary/aromatic N) is 4. The van der Waals surface area contributed by atoms with Crippen LogP contribution < -0.4 is 11.2 Å². The number of hydrazine groups is 1. The lowest BCUT2D eigenvalue weighted by atomic mass is 9.89. The zero-order chi connectivity index (χ0) is 27.2. The van der Waals surface area contributed by atoms with Crippen molar-refractivity contribution in [3.05, 3.63) is 128 Å². The van der Waals surface area contributed by atoms with Crippen molar-refractivity contribution in [3.63, 3.8) is 0 Å². The highest BCUT2D eigenvalue weighted by atomic mass is 127. The first-order valence-electron chi connectivity index (χ1n) is 13.0. The summed E-state index contributed by atoms with van der Waals surface area (Å²) in [6.45, 7) is 2.20. The number of aromatic nitrogens is 2. The van der Waals surface area contributed by atoms with E-state index in [-0.39, 0.29) is 6.04 Å². The van der Waals surface area contributed by atoms with Crippen molar-refractivity contribution in [3.8, 4) is 0 Å². The second-order valence-electron chi connectivity index (χ2n) is 9.39. The van der Waals surface area contributed by atoms with E-state index in [9.17, 15) is 0 Å². The molecule has 0 bridgehead atoms. The highest BCUT2D eigenvalue weighted by molar-refractivity contribution is 14.1. The number of benzene rings is 3. The highest BCUT2D eigenvalue weighted by Gasteiger charge is 2.32. The topological polar surface area (TPSA) is 79.4 Å². The van der Waals surface area contributed by atoms with E-state index < -0.39 is 0 Å². The van der Waals surface area contributed by atoms with Crippen molar-refractivity contribution in [1.29, 1.82) is 0 Å². The van der Waals surface area contributed by atoms with Gasteiger partial charge in [0.05, 0.1) is 11.7 Å². The molecule has 0 spiro atoms. The zero-order valence-corrected chi connectivity index (χ0v) is 24.6. The van der Waals surface area contributed by atoms with Gasteiger partial charge in [-0.1, -0.05) is 116 Å². The first-order chi connectivity index (χ1) is 19.0. The smallest absolute Gasteiger partial charge is 0.232 e. The molecule has 5 rings (SSSR count). The summed E-state index contributed by atoms with van der Waals surface area (Å²) in [6, 6.07) is 30.5. The molecule has 4 aromatic rings. The molecular weight excluding hydrogens is 619 g/mol. The van der Waals surface area contributed by atoms with Gasteiger partial charge in [0, 0.05) is 17.5 Å². The van der Waals surface area contributed by atoms with Crippen LogP contribution in [-0.2, 0) is 6.42 Å². The molecule has 1 aliphatic rings. The van der Waals surface area contributed by atoms with Crippen molar-refractivity contribution in [2.45, 2.75) is 38.6 Å². The second kappa shape index (κ2) is 12.7. The SMILES string of the molecule is CCCCC1=C(c2ccccc2)N=C(Nc2nc(Cl)c(Cc3ccccc3)c(I)n2)N(N)C1c1ccccc1. The Hall–Kier alpha value is -3.27. The first kappa shape index (κ1) is 27.3. The lowest BCUT2D eigenvalue weighted by molar-refractivity contribution is 0.352. The molecule has 1 aliphatic heterocycles. The zero-order valence-electron chi connectivity index (χ0n) is 21.7. The maximum absolute atomic E-state index is 6.83. The number of unbranched alkanes of at least 4 members (excludes halogenated alkanes) is 1. The predicted octanol–water partition coefficient (Wildman–Crippen LogP) is 7.63. The summed E-state index contributed by atoms with van der Waals surface area (Å²) in [5.74, 6) is 7.65. The van der Waals surface area contributed by atoms with Crippen LogP contribution in [0.15, 0.2) is 102 Å². The molecule has 8 heteroatoms. The standard InChI is InChI=1S/C31H30ClIN6/c1-2-3-19-24-26(22-15-9-5-10-16-22)35-31(39(34)27(24)23-17-11-6-12-18-23)38-30-36-28(32)25(29(33)37-30)20-21-13-7-4-8-14-21/h4-18,27H,2-3,19-20,34H2,1H3,(H,35,36,37,38). The number of halogens is 2. The Bertz CT molecular complexity index is 1450. The third-order valence-electron chi connectivity index (χ3n) is 6.69. The summed E-state index contributed by atoms with van der Waals surface area (Å²) >= 11 is 8.89. The minimum atomic E-state index is -0.195. The second-order valence-corrected chi connectivity index (χ2v) is 10.8. The van der Waals surface area contributed by atoms with E-state index in [1.54, 1.807) is 5.01 Å². The summed E-state index contributed by atoms with van der Waals surface area (Å²) in [6.07, 6.45) is 3.66. The molecule has 39 heavy (non-hydrogen) atoms. The van der Waals surface area contributed by atoms with Gasteiger partial charge in [0.2, 0.25) is 11.9 Å². The molecule has 0 radical (unpaired) electrons. The van der Waals surface area contributed by atoms with Gasteiger partial charge in [0.15, 0.2) is 0 Å². The summed E-state index contributed by atoms with van der Waals surface area (Å²) < 4.78 is 0.779. The van der Waals surface area contributed by atoms with E-state index in [0.717, 1.165) is 50.9 Å². The van der Waals surface area contributed by atoms with Gasteiger partial charge in [-0.25, -0.2) is 20.8 Å². The van der Waals surface area contributed by atoms with Gasteiger partial charge in [-0.3, -0.25) is 10.3 Å². The lowest BCUT2D eigenvalue weighted by Gasteiger charge is -2.37. The molecular formula is C31H30ClIN6. The number of guanidine groups is 1. The third-order valence-corrected chi connectivity index (χ3v) is 7.90. The number of aliphatic imine (C=N–C) groups is 1. The van der Waals surface area contributed by atoms with E-state index in [4.69, 9.17) is 27.4 Å². The van der Waals surface area contributed by atoms with Crippen LogP contribution >= 0.6 is 34.2 Å². The molecule has 1 aromatic heterocycles. The fourth-order valence-corrected chi connectivity index (χ4v) is 5.82. The van der Waals surface area contributed by atoms with Gasteiger partial charge in [0.25, 0.3) is 0 Å². The lowest BCUT2D eigenvalue weighted by Crippen LogP contribution is -2.47. The van der Waals surface area contributed by atoms with Crippen LogP contribution in [0.1, 0.15) is 54.5 Å². The third kappa shape index (κ3) is 6.32. The Morgan fingerprint density at radius 3 is 2.21 bits per heavy atom. The normalized spacial score (nSPS) is 15.3. The number of anilines is 1. The van der Waals surface area contributed by atoms with Gasteiger partial charge in [-0.2, -0.15) is 0 Å². The van der Waals surface area contributed by atoms with Crippen LogP contribution in [0.25, 0.3) is 5.70 Å². The number of nitrogens with one attached hydrogen (secondary N) is 1. The molecule has 6 nitrogen and oxygen atoms in total. The number of hydrogen-bond donors (Lipinski definition) is 2. The molecule has 1 atom stereocenters. The fourth-order valence-electron chi connectivity index (χ4n) is 4.75. The predicted molar refractivity (Wildman–Crippen MR) is 168 cm³/mol. The molecule has 0 saturated carbocycles. The average molecular weight is 649 g/mol. The minimum Gasteiger partial charge on any atom is -0.293 e. The molecule has 3 N–H and O–H groups in total. The van der Waals surface area contributed by atoms with Gasteiger partial charge >= 0.3 is 0 Å². The van der Waals surface area contributed by atoms with Crippen LogP contribution in [0.4, 0.5) is 5.95 Å². The van der Waals surface area contributed by atoms with Gasteiger partial charge in [-0.15, -0.1) is 0 Å². The molecule has 2 heterocycles. The van der Waals surface area contributed by atoms with E-state index >= 15 is 0 Å². The molecule has 0 amide bonds. The Balaban J connectivity index is 1.55. The Morgan fingerprint density at radius 2 is 1.56 bits per heavy atom. The first-order valence-corrected chi connectivity index (χ1v) is 14.5. The van der Waals surface area contributed by atoms with Gasteiger partial charge < -0.3 is 0 Å². The highest BCUT2D eigenvalue weighted by Crippen LogP contribution is 2.40. The Labute approximate surface area is 248 Å². The van der Waals surface area contributed by atoms with Crippen LogP contribution in [-0.4, -0.2) is 20.9 Å². The molecule has 3 aromatic carbocycles. The fraction of sp³-hybridized carbons (Fsp3) is 0.194. The van der Waals surface area contributed by atoms with Crippen LogP contribution in [0.2, 0.25) is 5.15 Å². The number of nitrogens with two attached hydrogens (primary N) is 1. The minimum absolute atomic E-state index is 0.195. The maximum atomic E-state index is 6.83. The monoisotopic (exact) mass is 648 g/mol. The van der Waals surface area contributed by atoms with E-state index in [2.05, 4.69) is 76.2 Å².